The van der Waals surface area contributed by atoms with Crippen molar-refractivity contribution in [3.8, 4) is 5.88 Å². The van der Waals surface area contributed by atoms with Crippen LogP contribution in [0, 0.1) is 5.92 Å². The number of aliphatic hydroxyl groups excluding tert-OH is 1. The first kappa shape index (κ1) is 20.6. The number of rotatable bonds is 11. The Morgan fingerprint density at radius 2 is 1.88 bits per heavy atom. The Labute approximate surface area is 154 Å². The highest BCUT2D eigenvalue weighted by molar-refractivity contribution is 5.73. The van der Waals surface area contributed by atoms with Crippen molar-refractivity contribution < 1.29 is 15.0 Å². The molecule has 1 unspecified atom stereocenters. The molecule has 1 saturated carbocycles. The molecule has 1 amide bonds. The lowest BCUT2D eigenvalue weighted by Crippen LogP contribution is -2.27. The number of nitrogens with zero attached hydrogens (tertiary/aromatic N) is 1. The SMILES string of the molecule is NC(=O)CCCCCCc1c(O)[nH]c(=O)n1CCC(O)C1CCCCC1. The molecule has 0 aliphatic heterocycles. The lowest BCUT2D eigenvalue weighted by atomic mass is 9.84. The molecule has 7 nitrogen and oxygen atoms in total. The molecular formula is C19H33N3O4. The number of hydrogen-bond acceptors (Lipinski definition) is 4. The van der Waals surface area contributed by atoms with Gasteiger partial charge in [-0.05, 0) is 44.4 Å². The Morgan fingerprint density at radius 3 is 2.58 bits per heavy atom. The van der Waals surface area contributed by atoms with Gasteiger partial charge in [0.05, 0.1) is 11.8 Å². The second kappa shape index (κ2) is 10.4. The molecule has 1 heterocycles. The maximum Gasteiger partial charge on any atom is 0.328 e. The number of hydrogen-bond donors (Lipinski definition) is 4. The van der Waals surface area contributed by atoms with Crippen LogP contribution in [0.15, 0.2) is 4.79 Å². The fourth-order valence-electron chi connectivity index (χ4n) is 3.94. The number of aromatic hydroxyl groups is 1. The molecule has 1 aromatic rings. The van der Waals surface area contributed by atoms with Crippen molar-refractivity contribution in [1.82, 2.24) is 9.55 Å². The van der Waals surface area contributed by atoms with Gasteiger partial charge < -0.3 is 15.9 Å². The van der Waals surface area contributed by atoms with Crippen LogP contribution in [-0.4, -0.2) is 31.8 Å². The van der Waals surface area contributed by atoms with Crippen LogP contribution in [0.1, 0.15) is 76.3 Å². The summed E-state index contributed by atoms with van der Waals surface area (Å²) in [6.07, 6.45) is 10.3. The molecule has 0 bridgehead atoms. The van der Waals surface area contributed by atoms with Gasteiger partial charge in [-0.2, -0.15) is 0 Å². The van der Waals surface area contributed by atoms with E-state index in [2.05, 4.69) is 4.98 Å². The van der Waals surface area contributed by atoms with E-state index in [-0.39, 0.29) is 23.6 Å². The van der Waals surface area contributed by atoms with E-state index < -0.39 is 0 Å². The largest absolute Gasteiger partial charge is 0.493 e. The van der Waals surface area contributed by atoms with E-state index in [1.807, 2.05) is 0 Å². The summed E-state index contributed by atoms with van der Waals surface area (Å²) in [6, 6.07) is 0. The maximum atomic E-state index is 12.1. The number of aliphatic hydroxyl groups is 1. The Balaban J connectivity index is 1.82. The Kier molecular flexibility index (Phi) is 8.22. The summed E-state index contributed by atoms with van der Waals surface area (Å²) in [7, 11) is 0. The Morgan fingerprint density at radius 1 is 1.19 bits per heavy atom. The zero-order chi connectivity index (χ0) is 18.9. The Hall–Kier alpha value is -1.76. The third-order valence-corrected chi connectivity index (χ3v) is 5.50. The van der Waals surface area contributed by atoms with Crippen molar-refractivity contribution in [2.75, 3.05) is 0 Å². The van der Waals surface area contributed by atoms with E-state index in [4.69, 9.17) is 5.73 Å². The zero-order valence-corrected chi connectivity index (χ0v) is 15.6. The number of unbranched alkanes of at least 4 members (excludes halogenated alkanes) is 3. The fraction of sp³-hybridized carbons (Fsp3) is 0.789. The van der Waals surface area contributed by atoms with Gasteiger partial charge in [0.1, 0.15) is 0 Å². The topological polar surface area (TPSA) is 121 Å². The highest BCUT2D eigenvalue weighted by atomic mass is 16.3. The molecule has 1 atom stereocenters. The number of nitrogens with one attached hydrogen (secondary N) is 1. The minimum atomic E-state index is -0.388. The van der Waals surface area contributed by atoms with Crippen molar-refractivity contribution in [3.63, 3.8) is 0 Å². The lowest BCUT2D eigenvalue weighted by Gasteiger charge is -2.26. The van der Waals surface area contributed by atoms with Gasteiger partial charge in [0.15, 0.2) is 0 Å². The summed E-state index contributed by atoms with van der Waals surface area (Å²) in [5.74, 6) is -0.0152. The average Bonchev–Trinajstić information content (AvgIpc) is 2.89. The average molecular weight is 367 g/mol. The van der Waals surface area contributed by atoms with Gasteiger partial charge in [-0.1, -0.05) is 32.1 Å². The van der Waals surface area contributed by atoms with Gasteiger partial charge in [-0.15, -0.1) is 0 Å². The van der Waals surface area contributed by atoms with Gasteiger partial charge in [0, 0.05) is 13.0 Å². The van der Waals surface area contributed by atoms with Crippen molar-refractivity contribution >= 4 is 5.91 Å². The maximum absolute atomic E-state index is 12.1. The quantitative estimate of drug-likeness (QED) is 0.448. The van der Waals surface area contributed by atoms with Gasteiger partial charge >= 0.3 is 5.69 Å². The number of aromatic amines is 1. The van der Waals surface area contributed by atoms with E-state index >= 15 is 0 Å². The van der Waals surface area contributed by atoms with E-state index in [9.17, 15) is 19.8 Å². The summed E-state index contributed by atoms with van der Waals surface area (Å²) in [5, 5.41) is 20.4. The summed E-state index contributed by atoms with van der Waals surface area (Å²) < 4.78 is 1.56. The van der Waals surface area contributed by atoms with Crippen LogP contribution in [-0.2, 0) is 17.8 Å². The molecule has 2 rings (SSSR count). The standard InChI is InChI=1S/C19H33N3O4/c20-17(24)11-7-2-1-6-10-15-18(25)21-19(26)22(15)13-12-16(23)14-8-4-3-5-9-14/h14,16,23,25H,1-13H2,(H2,20,24)(H,21,26). The molecular weight excluding hydrogens is 334 g/mol. The molecule has 1 aliphatic carbocycles. The number of carbonyl (C=O) groups is 1. The van der Waals surface area contributed by atoms with Crippen LogP contribution in [0.5, 0.6) is 5.88 Å². The van der Waals surface area contributed by atoms with Crippen LogP contribution in [0.3, 0.4) is 0 Å². The number of amides is 1. The Bertz CT molecular complexity index is 617. The summed E-state index contributed by atoms with van der Waals surface area (Å²) >= 11 is 0. The minimum absolute atomic E-state index is 0.0701. The monoisotopic (exact) mass is 367 g/mol. The van der Waals surface area contributed by atoms with E-state index in [1.54, 1.807) is 4.57 Å². The fourth-order valence-corrected chi connectivity index (χ4v) is 3.94. The molecule has 5 N–H and O–H groups in total. The van der Waals surface area contributed by atoms with Crippen molar-refractivity contribution in [3.05, 3.63) is 16.2 Å². The first-order valence-corrected chi connectivity index (χ1v) is 9.96. The summed E-state index contributed by atoms with van der Waals surface area (Å²) in [4.78, 5) is 25.3. The number of H-pyrrole nitrogens is 1. The number of imidazole rings is 1. The molecule has 1 aromatic heterocycles. The third-order valence-electron chi connectivity index (χ3n) is 5.50. The first-order chi connectivity index (χ1) is 12.5. The molecule has 0 radical (unpaired) electrons. The second-order valence-corrected chi connectivity index (χ2v) is 7.51. The van der Waals surface area contributed by atoms with E-state index in [0.717, 1.165) is 38.5 Å². The highest BCUT2D eigenvalue weighted by Crippen LogP contribution is 2.28. The molecule has 1 fully saturated rings. The van der Waals surface area contributed by atoms with Crippen LogP contribution in [0.4, 0.5) is 0 Å². The van der Waals surface area contributed by atoms with Crippen molar-refractivity contribution in [2.24, 2.45) is 11.7 Å². The minimum Gasteiger partial charge on any atom is -0.493 e. The number of carbonyl (C=O) groups excluding carboxylic acids is 1. The van der Waals surface area contributed by atoms with E-state index in [0.29, 0.717) is 37.4 Å². The number of aromatic nitrogens is 2. The lowest BCUT2D eigenvalue weighted by molar-refractivity contribution is -0.118. The molecule has 0 aromatic carbocycles. The highest BCUT2D eigenvalue weighted by Gasteiger charge is 2.22. The van der Waals surface area contributed by atoms with Crippen LogP contribution < -0.4 is 11.4 Å². The van der Waals surface area contributed by atoms with Crippen LogP contribution in [0.2, 0.25) is 0 Å². The number of primary amides is 1. The molecule has 26 heavy (non-hydrogen) atoms. The van der Waals surface area contributed by atoms with Gasteiger partial charge in [-0.3, -0.25) is 14.3 Å². The third kappa shape index (κ3) is 6.20. The van der Waals surface area contributed by atoms with Gasteiger partial charge in [0.2, 0.25) is 11.8 Å². The molecule has 7 heteroatoms. The van der Waals surface area contributed by atoms with Crippen molar-refractivity contribution in [2.45, 2.75) is 89.7 Å². The zero-order valence-electron chi connectivity index (χ0n) is 15.6. The predicted molar refractivity (Wildman–Crippen MR) is 99.9 cm³/mol. The molecule has 148 valence electrons. The van der Waals surface area contributed by atoms with Gasteiger partial charge in [-0.25, -0.2) is 4.79 Å². The van der Waals surface area contributed by atoms with Crippen molar-refractivity contribution in [1.29, 1.82) is 0 Å². The first-order valence-electron chi connectivity index (χ1n) is 9.96. The van der Waals surface area contributed by atoms with Gasteiger partial charge in [0.25, 0.3) is 0 Å². The molecule has 0 spiro atoms. The number of nitrogens with two attached hydrogens (primary N) is 1. The second-order valence-electron chi connectivity index (χ2n) is 7.51. The predicted octanol–water partition coefficient (Wildman–Crippen LogP) is 2.19. The van der Waals surface area contributed by atoms with Crippen LogP contribution in [0.25, 0.3) is 0 Å². The van der Waals surface area contributed by atoms with E-state index in [1.165, 1.54) is 19.3 Å². The van der Waals surface area contributed by atoms with Crippen LogP contribution >= 0.6 is 0 Å². The molecule has 1 aliphatic rings. The normalized spacial score (nSPS) is 16.7. The smallest absolute Gasteiger partial charge is 0.328 e. The summed E-state index contributed by atoms with van der Waals surface area (Å²) in [6.45, 7) is 0.421. The summed E-state index contributed by atoms with van der Waals surface area (Å²) in [5.41, 5.74) is 5.41. The molecule has 0 saturated heterocycles.